The topological polar surface area (TPSA) is 17.8 Å². The molecule has 0 aliphatic carbocycles. The van der Waals surface area contributed by atoms with E-state index in [-0.39, 0.29) is 0 Å². The van der Waals surface area contributed by atoms with E-state index in [4.69, 9.17) is 0 Å². The lowest BCUT2D eigenvalue weighted by atomic mass is 10.3. The van der Waals surface area contributed by atoms with Crippen LogP contribution in [0.5, 0.6) is 0 Å². The number of aryl methyl sites for hydroxylation is 2. The first kappa shape index (κ1) is 7.05. The van der Waals surface area contributed by atoms with Crippen LogP contribution in [0.1, 0.15) is 12.5 Å². The van der Waals surface area contributed by atoms with Gasteiger partial charge < -0.3 is 0 Å². The van der Waals surface area contributed by atoms with Crippen molar-refractivity contribution in [3.05, 3.63) is 15.5 Å². The van der Waals surface area contributed by atoms with Gasteiger partial charge in [0.15, 0.2) is 0 Å². The van der Waals surface area contributed by atoms with Gasteiger partial charge in [-0.1, -0.05) is 6.92 Å². The molecule has 1 rings (SSSR count). The average Bonchev–Trinajstić information content (AvgIpc) is 2.10. The van der Waals surface area contributed by atoms with E-state index in [0.717, 1.165) is 10.1 Å². The van der Waals surface area contributed by atoms with Gasteiger partial charge in [0.1, 0.15) is 3.70 Å². The number of rotatable bonds is 1. The standard InChI is InChI=1S/C6H9IN2/c1-3-5-4-9(2)8-6(5)7/h4H,3H2,1-2H3. The molecule has 0 radical (unpaired) electrons. The second-order valence-corrected chi connectivity index (χ2v) is 2.99. The first-order valence-corrected chi connectivity index (χ1v) is 4.00. The van der Waals surface area contributed by atoms with E-state index < -0.39 is 0 Å². The minimum atomic E-state index is 1.08. The van der Waals surface area contributed by atoms with Crippen molar-refractivity contribution in [3.8, 4) is 0 Å². The van der Waals surface area contributed by atoms with Crippen LogP contribution in [0.3, 0.4) is 0 Å². The third-order valence-corrected chi connectivity index (χ3v) is 2.14. The van der Waals surface area contributed by atoms with Gasteiger partial charge in [0.05, 0.1) is 0 Å². The number of aromatic nitrogens is 2. The zero-order valence-corrected chi connectivity index (χ0v) is 7.71. The van der Waals surface area contributed by atoms with Gasteiger partial charge in [0.25, 0.3) is 0 Å². The predicted octanol–water partition coefficient (Wildman–Crippen LogP) is 1.59. The lowest BCUT2D eigenvalue weighted by Gasteiger charge is -1.83. The normalized spacial score (nSPS) is 10.1. The predicted molar refractivity (Wildman–Crippen MR) is 45.3 cm³/mol. The van der Waals surface area contributed by atoms with Gasteiger partial charge in [0.2, 0.25) is 0 Å². The number of halogens is 1. The summed E-state index contributed by atoms with van der Waals surface area (Å²) in [5.74, 6) is 0. The van der Waals surface area contributed by atoms with Gasteiger partial charge >= 0.3 is 0 Å². The smallest absolute Gasteiger partial charge is 0.126 e. The van der Waals surface area contributed by atoms with Crippen LogP contribution in [0.2, 0.25) is 0 Å². The molecule has 0 N–H and O–H groups in total. The molecule has 0 bridgehead atoms. The molecule has 2 nitrogen and oxygen atoms in total. The molecule has 0 aliphatic heterocycles. The molecule has 0 fully saturated rings. The monoisotopic (exact) mass is 236 g/mol. The summed E-state index contributed by atoms with van der Waals surface area (Å²) in [6.45, 7) is 2.14. The molecule has 9 heavy (non-hydrogen) atoms. The maximum Gasteiger partial charge on any atom is 0.126 e. The van der Waals surface area contributed by atoms with Gasteiger partial charge in [-0.25, -0.2) is 0 Å². The first-order chi connectivity index (χ1) is 4.24. The second-order valence-electron chi connectivity index (χ2n) is 1.97. The van der Waals surface area contributed by atoms with Crippen LogP contribution >= 0.6 is 22.6 Å². The minimum absolute atomic E-state index is 1.08. The summed E-state index contributed by atoms with van der Waals surface area (Å²) in [5.41, 5.74) is 1.33. The van der Waals surface area contributed by atoms with E-state index in [0.29, 0.717) is 0 Å². The van der Waals surface area contributed by atoms with E-state index >= 15 is 0 Å². The van der Waals surface area contributed by atoms with Crippen molar-refractivity contribution in [1.82, 2.24) is 9.78 Å². The Balaban J connectivity index is 3.01. The molecule has 0 atom stereocenters. The molecule has 0 spiro atoms. The largest absolute Gasteiger partial charge is 0.274 e. The summed E-state index contributed by atoms with van der Waals surface area (Å²) < 4.78 is 2.97. The first-order valence-electron chi connectivity index (χ1n) is 2.92. The van der Waals surface area contributed by atoms with Crippen LogP contribution in [0.15, 0.2) is 6.20 Å². The maximum absolute atomic E-state index is 4.19. The van der Waals surface area contributed by atoms with Crippen molar-refractivity contribution in [2.75, 3.05) is 0 Å². The molecule has 1 heterocycles. The molecule has 1 aromatic rings. The number of hydrogen-bond donors (Lipinski definition) is 0. The van der Waals surface area contributed by atoms with E-state index in [2.05, 4.69) is 40.8 Å². The molecule has 0 aromatic carbocycles. The quantitative estimate of drug-likeness (QED) is 0.677. The zero-order chi connectivity index (χ0) is 6.85. The van der Waals surface area contributed by atoms with Crippen molar-refractivity contribution in [2.24, 2.45) is 7.05 Å². The Hall–Kier alpha value is -0.0600. The summed E-state index contributed by atoms with van der Waals surface area (Å²) in [4.78, 5) is 0. The van der Waals surface area contributed by atoms with Crippen molar-refractivity contribution in [1.29, 1.82) is 0 Å². The maximum atomic E-state index is 4.19. The van der Waals surface area contributed by atoms with Crippen LogP contribution in [0, 0.1) is 3.70 Å². The zero-order valence-electron chi connectivity index (χ0n) is 5.56. The van der Waals surface area contributed by atoms with Gasteiger partial charge in [-0.15, -0.1) is 0 Å². The Morgan fingerprint density at radius 3 is 2.67 bits per heavy atom. The van der Waals surface area contributed by atoms with Crippen molar-refractivity contribution >= 4 is 22.6 Å². The third-order valence-electron chi connectivity index (χ3n) is 1.23. The Morgan fingerprint density at radius 2 is 2.44 bits per heavy atom. The fourth-order valence-corrected chi connectivity index (χ4v) is 1.61. The van der Waals surface area contributed by atoms with E-state index in [1.54, 1.807) is 0 Å². The molecule has 0 saturated heterocycles. The van der Waals surface area contributed by atoms with Gasteiger partial charge in [0, 0.05) is 18.8 Å². The summed E-state index contributed by atoms with van der Waals surface area (Å²) in [5, 5.41) is 4.19. The Morgan fingerprint density at radius 1 is 1.78 bits per heavy atom. The summed E-state index contributed by atoms with van der Waals surface area (Å²) in [6, 6.07) is 0. The fraction of sp³-hybridized carbons (Fsp3) is 0.500. The highest BCUT2D eigenvalue weighted by molar-refractivity contribution is 14.1. The summed E-state index contributed by atoms with van der Waals surface area (Å²) in [6.07, 6.45) is 3.13. The Bertz CT molecular complexity index is 205. The molecule has 0 amide bonds. The van der Waals surface area contributed by atoms with Crippen LogP contribution < -0.4 is 0 Å². The highest BCUT2D eigenvalue weighted by Crippen LogP contribution is 2.08. The van der Waals surface area contributed by atoms with Crippen LogP contribution in [-0.2, 0) is 13.5 Å². The second kappa shape index (κ2) is 2.68. The van der Waals surface area contributed by atoms with E-state index in [1.165, 1.54) is 5.56 Å². The van der Waals surface area contributed by atoms with Crippen LogP contribution in [0.25, 0.3) is 0 Å². The molecular formula is C6H9IN2. The van der Waals surface area contributed by atoms with E-state index in [1.807, 2.05) is 11.7 Å². The summed E-state index contributed by atoms with van der Waals surface area (Å²) in [7, 11) is 1.95. The fourth-order valence-electron chi connectivity index (χ4n) is 0.748. The Kier molecular flexibility index (Phi) is 2.10. The minimum Gasteiger partial charge on any atom is -0.274 e. The highest BCUT2D eigenvalue weighted by Gasteiger charge is 1.99. The van der Waals surface area contributed by atoms with Crippen LogP contribution in [0.4, 0.5) is 0 Å². The third kappa shape index (κ3) is 1.44. The van der Waals surface area contributed by atoms with Crippen LogP contribution in [-0.4, -0.2) is 9.78 Å². The van der Waals surface area contributed by atoms with Crippen molar-refractivity contribution < 1.29 is 0 Å². The Labute approximate surface area is 68.4 Å². The SMILES string of the molecule is CCc1cn(C)nc1I. The molecule has 0 unspecified atom stereocenters. The van der Waals surface area contributed by atoms with E-state index in [9.17, 15) is 0 Å². The number of hydrogen-bond acceptors (Lipinski definition) is 1. The van der Waals surface area contributed by atoms with Gasteiger partial charge in [-0.2, -0.15) is 5.10 Å². The molecule has 3 heteroatoms. The summed E-state index contributed by atoms with van der Waals surface area (Å²) >= 11 is 2.25. The van der Waals surface area contributed by atoms with Gasteiger partial charge in [-0.05, 0) is 29.0 Å². The molecule has 0 saturated carbocycles. The number of nitrogens with zero attached hydrogens (tertiary/aromatic N) is 2. The van der Waals surface area contributed by atoms with Crippen molar-refractivity contribution in [2.45, 2.75) is 13.3 Å². The molecule has 0 aliphatic rings. The molecule has 50 valence electrons. The highest BCUT2D eigenvalue weighted by atomic mass is 127. The van der Waals surface area contributed by atoms with Gasteiger partial charge in [-0.3, -0.25) is 4.68 Å². The lowest BCUT2D eigenvalue weighted by molar-refractivity contribution is 0.759. The average molecular weight is 236 g/mol. The lowest BCUT2D eigenvalue weighted by Crippen LogP contribution is -1.85. The van der Waals surface area contributed by atoms with Crippen molar-refractivity contribution in [3.63, 3.8) is 0 Å². The molecular weight excluding hydrogens is 227 g/mol. The molecule has 1 aromatic heterocycles.